The number of H-pyrrole nitrogens is 2. The highest BCUT2D eigenvalue weighted by Crippen LogP contribution is 2.47. The van der Waals surface area contributed by atoms with E-state index >= 15 is 0 Å². The summed E-state index contributed by atoms with van der Waals surface area (Å²) in [6.07, 6.45) is 17.1. The highest BCUT2D eigenvalue weighted by Gasteiger charge is 2.38. The van der Waals surface area contributed by atoms with Gasteiger partial charge in [-0.3, -0.25) is 39.6 Å². The Kier molecular flexibility index (Phi) is 27.6. The van der Waals surface area contributed by atoms with Crippen LogP contribution in [0.25, 0.3) is 33.2 Å². The van der Waals surface area contributed by atoms with Crippen LogP contribution in [0.15, 0.2) is 179 Å². The summed E-state index contributed by atoms with van der Waals surface area (Å²) in [6.45, 7) is 18.5. The molecular weight excluding hydrogens is 1780 g/mol. The molecule has 0 saturated carbocycles. The number of rotatable bonds is 26. The highest BCUT2D eigenvalue weighted by atomic mass is 35.5. The smallest absolute Gasteiger partial charge is 0.409 e. The van der Waals surface area contributed by atoms with Crippen molar-refractivity contribution in [3.8, 4) is 34.5 Å². The van der Waals surface area contributed by atoms with Crippen molar-refractivity contribution in [2.75, 3.05) is 121 Å². The van der Waals surface area contributed by atoms with Crippen LogP contribution in [0, 0.1) is 42.9 Å². The zero-order chi connectivity index (χ0) is 92.3. The summed E-state index contributed by atoms with van der Waals surface area (Å²) < 4.78 is 115. The number of ether oxygens (including phenoxy) is 5. The number of hydrogen-bond acceptors (Lipinski definition) is 24. The summed E-state index contributed by atoms with van der Waals surface area (Å²) in [5.41, 5.74) is 10.6. The van der Waals surface area contributed by atoms with Crippen molar-refractivity contribution >= 4 is 127 Å². The summed E-state index contributed by atoms with van der Waals surface area (Å²) in [6, 6.07) is 37.5. The SMILES string of the molecule is CC1(C)CCC(CN2CCN(c3ccc(C(=O)NS(=O)(=O)c4cc5c(c([N+](=O)[O-])c4)C[C@@H](CCOC(=O)N4CCCCC4)CO5)c(Oc4cnc5[nH]ccc5c4)c3)CC2)=C(c2ccc(Cl)cc2)C1.CC1(C)CCC(CN2CCN(c3ccc(C(=O)NS(=O)(=O)c4cc5c(c([N+](=O)[O-])c4)C[C@H](CNS(C)(=O)=O)CO5)c(Oc4cnc5[nH]ccc5c4)c3)CC2)=C(c2ccc(Cl)cc2)C1. The van der Waals surface area contributed by atoms with Gasteiger partial charge in [-0.2, -0.15) is 0 Å². The number of likely N-dealkylation sites (tertiary alicyclic amines) is 1. The molecule has 0 radical (unpaired) electrons. The van der Waals surface area contributed by atoms with E-state index < -0.39 is 78.8 Å². The highest BCUT2D eigenvalue weighted by molar-refractivity contribution is 7.90. The largest absolute Gasteiger partial charge is 0.493 e. The molecule has 10 aromatic rings. The average Bonchev–Trinajstić information content (AvgIpc) is 1.12. The van der Waals surface area contributed by atoms with E-state index in [9.17, 15) is 59.9 Å². The van der Waals surface area contributed by atoms with Gasteiger partial charge < -0.3 is 48.4 Å². The summed E-state index contributed by atoms with van der Waals surface area (Å²) in [5.74, 6) is -1.85. The fourth-order valence-electron chi connectivity index (χ4n) is 18.1. The number of nitro benzene ring substituents is 2. The second kappa shape index (κ2) is 39.0. The van der Waals surface area contributed by atoms with E-state index in [0.29, 0.717) is 73.5 Å². The molecule has 4 aromatic heterocycles. The van der Waals surface area contributed by atoms with Crippen molar-refractivity contribution < 1.29 is 73.2 Å². The molecule has 37 heteroatoms. The number of amides is 3. The van der Waals surface area contributed by atoms with Gasteiger partial charge in [0, 0.05) is 178 Å². The number of aromatic amines is 2. The molecule has 3 saturated heterocycles. The summed E-state index contributed by atoms with van der Waals surface area (Å²) in [7, 11) is -12.9. The van der Waals surface area contributed by atoms with Crippen LogP contribution in [0.4, 0.5) is 27.5 Å². The number of benzene rings is 6. The predicted molar refractivity (Wildman–Crippen MR) is 500 cm³/mol. The monoisotopic (exact) mass is 1880 g/mol. The number of pyridine rings is 2. The molecule has 5 N–H and O–H groups in total. The van der Waals surface area contributed by atoms with E-state index in [-0.39, 0.29) is 107 Å². The molecule has 131 heavy (non-hydrogen) atoms. The van der Waals surface area contributed by atoms with Gasteiger partial charge >= 0.3 is 6.09 Å². The Labute approximate surface area is 769 Å². The van der Waals surface area contributed by atoms with E-state index in [1.807, 2.05) is 36.4 Å². The van der Waals surface area contributed by atoms with Crippen LogP contribution in [0.3, 0.4) is 0 Å². The van der Waals surface area contributed by atoms with Crippen LogP contribution >= 0.6 is 23.2 Å². The molecule has 0 unspecified atom stereocenters. The van der Waals surface area contributed by atoms with Gasteiger partial charge in [0.15, 0.2) is 0 Å². The molecule has 3 fully saturated rings. The number of piperazine rings is 2. The lowest BCUT2D eigenvalue weighted by atomic mass is 9.72. The maximum atomic E-state index is 14.1. The number of piperidine rings is 1. The Balaban J connectivity index is 0.000000192. The second-order valence-corrected chi connectivity index (χ2v) is 42.3. The number of nitro groups is 2. The van der Waals surface area contributed by atoms with E-state index in [2.05, 4.69) is 106 Å². The number of halogens is 2. The number of fused-ring (bicyclic) bond motifs is 4. The first-order valence-corrected chi connectivity index (χ1v) is 49.5. The third-order valence-electron chi connectivity index (χ3n) is 25.4. The van der Waals surface area contributed by atoms with Gasteiger partial charge in [-0.15, -0.1) is 0 Å². The van der Waals surface area contributed by atoms with Crippen molar-refractivity contribution in [2.24, 2.45) is 22.7 Å². The number of carbonyl (C=O) groups excluding carboxylic acids is 3. The average molecular weight is 1890 g/mol. The maximum Gasteiger partial charge on any atom is 0.409 e. The van der Waals surface area contributed by atoms with Crippen LogP contribution < -0.4 is 42.9 Å². The first kappa shape index (κ1) is 92.6. The summed E-state index contributed by atoms with van der Waals surface area (Å²) in [4.78, 5) is 88.6. The summed E-state index contributed by atoms with van der Waals surface area (Å²) in [5, 5.41) is 27.6. The predicted octanol–water partition coefficient (Wildman–Crippen LogP) is 16.3. The Morgan fingerprint density at radius 1 is 0.550 bits per heavy atom. The molecule has 7 aliphatic rings. The third-order valence-corrected chi connectivity index (χ3v) is 29.2. The fraction of sp³-hybridized carbons (Fsp3) is 0.394. The van der Waals surface area contributed by atoms with Gasteiger partial charge in [-0.05, 0) is 183 Å². The molecule has 6 aromatic carbocycles. The number of hydrogen-bond donors (Lipinski definition) is 5. The lowest BCUT2D eigenvalue weighted by Crippen LogP contribution is -2.47. The molecule has 17 rings (SSSR count). The number of allylic oxidation sites excluding steroid dienone is 2. The number of sulfonamides is 3. The number of anilines is 2. The van der Waals surface area contributed by atoms with Gasteiger partial charge in [-0.25, -0.2) is 54.2 Å². The van der Waals surface area contributed by atoms with Crippen molar-refractivity contribution in [1.82, 2.24) is 48.8 Å². The molecule has 0 bridgehead atoms. The zero-order valence-corrected chi connectivity index (χ0v) is 77.3. The number of nitrogens with zero attached hydrogens (tertiary/aromatic N) is 9. The van der Waals surface area contributed by atoms with E-state index in [0.717, 1.165) is 149 Å². The van der Waals surface area contributed by atoms with Gasteiger partial charge in [0.05, 0.1) is 80.4 Å². The Hall–Kier alpha value is -11.7. The first-order valence-electron chi connectivity index (χ1n) is 43.8. The molecule has 9 heterocycles. The lowest BCUT2D eigenvalue weighted by molar-refractivity contribution is -0.386. The minimum atomic E-state index is -4.70. The second-order valence-electron chi connectivity index (χ2n) is 36.2. The van der Waals surface area contributed by atoms with Crippen LogP contribution in [0.1, 0.15) is 135 Å². The van der Waals surface area contributed by atoms with Crippen molar-refractivity contribution in [2.45, 2.75) is 115 Å². The molecule has 3 amide bonds. The van der Waals surface area contributed by atoms with Gasteiger partial charge in [0.25, 0.3) is 43.2 Å². The van der Waals surface area contributed by atoms with Crippen molar-refractivity contribution in [1.29, 1.82) is 0 Å². The Bertz CT molecular complexity index is 6470. The van der Waals surface area contributed by atoms with Crippen LogP contribution in [-0.2, 0) is 47.6 Å². The minimum Gasteiger partial charge on any atom is -0.493 e. The van der Waals surface area contributed by atoms with Crippen LogP contribution in [0.2, 0.25) is 10.0 Å². The minimum absolute atomic E-state index is 0.0180. The van der Waals surface area contributed by atoms with Gasteiger partial charge in [0.2, 0.25) is 10.0 Å². The number of nitrogens with one attached hydrogen (secondary N) is 5. The number of carbonyl (C=O) groups is 3. The molecule has 2 atom stereocenters. The molecule has 2 aliphatic carbocycles. The molecule has 0 spiro atoms. The lowest BCUT2D eigenvalue weighted by Gasteiger charge is -2.39. The Morgan fingerprint density at radius 3 is 1.42 bits per heavy atom. The standard InChI is InChI=1S/C50H56ClN7O9S.C44H48ClN7O9S2/c1-50(2)15-12-36(43(29-50)34-6-8-37(51)9-7-34)31-55-19-21-56(22-20-55)38-10-11-41(46(26-38)67-39-25-35-13-16-52-47(35)53-30-39)48(59)54-68(63,64)40-27-44(58(61)62)42-24-33(32-66-45(42)28-40)14-23-65-49(60)57-17-4-3-5-18-57;1-44(2)12-10-31(38(23-44)29-4-6-32(45)7-5-29)26-50-14-16-51(17-15-50)33-8-9-36(41(20-33)61-34-19-30-11-13-46-42(30)47-25-34)43(53)49-63(58,59)35-21-39(52(54)55)37-18-28(24-48-62(3,56)57)27-60-40(37)22-35/h6-11,13,16,25-28,30,33H,3-5,12,14-15,17-24,29,31-32H2,1-2H3,(H,52,53)(H,54,59);4-9,11,13,19-22,25,28,48H,10,12,14-18,23-24,26-27H2,1-3H3,(H,46,47)(H,49,53)/t33-;28-/m11/s1. The summed E-state index contributed by atoms with van der Waals surface area (Å²) >= 11 is 12.5. The maximum absolute atomic E-state index is 14.1. The van der Waals surface area contributed by atoms with Crippen molar-refractivity contribution in [3.05, 3.63) is 233 Å². The van der Waals surface area contributed by atoms with Crippen molar-refractivity contribution in [3.63, 3.8) is 0 Å². The molecule has 5 aliphatic heterocycles. The van der Waals surface area contributed by atoms with Gasteiger partial charge in [0.1, 0.15) is 45.8 Å². The Morgan fingerprint density at radius 2 is 0.985 bits per heavy atom. The van der Waals surface area contributed by atoms with Gasteiger partial charge in [-0.1, -0.05) is 86.3 Å². The van der Waals surface area contributed by atoms with E-state index in [1.165, 1.54) is 64.0 Å². The first-order chi connectivity index (χ1) is 62.6. The normalized spacial score (nSPS) is 18.5. The number of aromatic nitrogens is 4. The van der Waals surface area contributed by atoms with E-state index in [1.54, 1.807) is 53.7 Å². The molecular formula is C94H104Cl2N14O18S3. The van der Waals surface area contributed by atoms with Crippen LogP contribution in [-0.4, -0.2) is 199 Å². The zero-order valence-electron chi connectivity index (χ0n) is 73.3. The quantitative estimate of drug-likeness (QED) is 0.0248. The van der Waals surface area contributed by atoms with E-state index in [4.69, 9.17) is 46.9 Å². The topological polar surface area (TPSA) is 396 Å². The third kappa shape index (κ3) is 22.6. The molecule has 32 nitrogen and oxygen atoms in total. The van der Waals surface area contributed by atoms with Crippen LogP contribution in [0.5, 0.6) is 34.5 Å². The fourth-order valence-corrected chi connectivity index (χ4v) is 20.9. The molecule has 690 valence electrons.